The first kappa shape index (κ1) is 17.1. The molecule has 0 fully saturated rings. The number of ether oxygens (including phenoxy) is 2. The van der Waals surface area contributed by atoms with Crippen molar-refractivity contribution >= 4 is 32.8 Å². The van der Waals surface area contributed by atoms with Gasteiger partial charge in [-0.15, -0.1) is 0 Å². The molecule has 100 valence electrons. The molecular weight excluding hydrogens is 307 g/mol. The van der Waals surface area contributed by atoms with E-state index in [0.29, 0.717) is 37.0 Å². The summed E-state index contributed by atoms with van der Waals surface area (Å²) in [5.41, 5.74) is 1.60. The first-order chi connectivity index (χ1) is 8.06. The van der Waals surface area contributed by atoms with Gasteiger partial charge in [0, 0.05) is 30.5 Å². The highest BCUT2D eigenvalue weighted by molar-refractivity contribution is 9.09. The molecule has 0 aliphatic rings. The van der Waals surface area contributed by atoms with Gasteiger partial charge < -0.3 is 9.47 Å². The predicted octanol–water partition coefficient (Wildman–Crippen LogP) is 3.64. The van der Waals surface area contributed by atoms with Gasteiger partial charge in [0.2, 0.25) is 5.24 Å². The second kappa shape index (κ2) is 10.1. The molecule has 0 amide bonds. The monoisotopic (exact) mass is 326 g/mol. The molecule has 0 aromatic heterocycles. The maximum atomic E-state index is 11.3. The van der Waals surface area contributed by atoms with Crippen LogP contribution >= 0.6 is 27.5 Å². The van der Waals surface area contributed by atoms with Gasteiger partial charge in [-0.3, -0.25) is 4.79 Å². The Morgan fingerprint density at radius 2 is 1.82 bits per heavy atom. The third-order valence-corrected chi connectivity index (χ3v) is 3.36. The van der Waals surface area contributed by atoms with Crippen molar-refractivity contribution in [3.63, 3.8) is 0 Å². The van der Waals surface area contributed by atoms with Crippen LogP contribution in [0.1, 0.15) is 33.6 Å². The summed E-state index contributed by atoms with van der Waals surface area (Å²) < 4.78 is 10.8. The van der Waals surface area contributed by atoms with Gasteiger partial charge in [0.25, 0.3) is 0 Å². The molecule has 17 heavy (non-hydrogen) atoms. The van der Waals surface area contributed by atoms with E-state index in [9.17, 15) is 4.79 Å². The summed E-state index contributed by atoms with van der Waals surface area (Å²) >= 11 is 8.88. The van der Waals surface area contributed by atoms with E-state index in [1.54, 1.807) is 0 Å². The third-order valence-electron chi connectivity index (χ3n) is 2.29. The van der Waals surface area contributed by atoms with Crippen molar-refractivity contribution in [1.29, 1.82) is 0 Å². The van der Waals surface area contributed by atoms with E-state index in [2.05, 4.69) is 15.9 Å². The lowest BCUT2D eigenvalue weighted by atomic mass is 10.1. The smallest absolute Gasteiger partial charge is 0.248 e. The lowest BCUT2D eigenvalue weighted by Gasteiger charge is -2.17. The molecule has 0 aliphatic carbocycles. The van der Waals surface area contributed by atoms with Crippen LogP contribution in [0.2, 0.25) is 0 Å². The zero-order chi connectivity index (χ0) is 13.3. The van der Waals surface area contributed by atoms with Crippen LogP contribution in [0.15, 0.2) is 11.1 Å². The highest BCUT2D eigenvalue weighted by Crippen LogP contribution is 2.18. The summed E-state index contributed by atoms with van der Waals surface area (Å²) in [5.74, 6) is 0. The minimum atomic E-state index is -0.395. The average Bonchev–Trinajstić information content (AvgIpc) is 2.28. The summed E-state index contributed by atoms with van der Waals surface area (Å²) in [6.45, 7) is 6.91. The van der Waals surface area contributed by atoms with Gasteiger partial charge in [0.15, 0.2) is 6.29 Å². The van der Waals surface area contributed by atoms with Crippen molar-refractivity contribution in [3.05, 3.63) is 11.1 Å². The van der Waals surface area contributed by atoms with E-state index in [-0.39, 0.29) is 6.29 Å². The van der Waals surface area contributed by atoms with Crippen molar-refractivity contribution in [2.75, 3.05) is 18.5 Å². The number of alkyl halides is 1. The van der Waals surface area contributed by atoms with Gasteiger partial charge >= 0.3 is 0 Å². The fraction of sp³-hybridized carbons (Fsp3) is 0.750. The quantitative estimate of drug-likeness (QED) is 0.281. The predicted molar refractivity (Wildman–Crippen MR) is 73.6 cm³/mol. The zero-order valence-electron chi connectivity index (χ0n) is 10.6. The molecule has 0 radical (unpaired) electrons. The number of carbonyl (C=O) groups is 1. The fourth-order valence-corrected chi connectivity index (χ4v) is 2.00. The van der Waals surface area contributed by atoms with Crippen LogP contribution in [0.4, 0.5) is 0 Å². The van der Waals surface area contributed by atoms with E-state index >= 15 is 0 Å². The number of rotatable bonds is 9. The average molecular weight is 328 g/mol. The van der Waals surface area contributed by atoms with E-state index in [1.807, 2.05) is 20.8 Å². The molecule has 0 bridgehead atoms. The maximum Gasteiger partial charge on any atom is 0.248 e. The Bertz CT molecular complexity index is 260. The number of carbonyl (C=O) groups excluding carboxylic acids is 1. The first-order valence-corrected chi connectivity index (χ1v) is 7.24. The van der Waals surface area contributed by atoms with Gasteiger partial charge in [-0.2, -0.15) is 0 Å². The molecule has 0 N–H and O–H groups in total. The minimum Gasteiger partial charge on any atom is -0.353 e. The molecule has 0 aromatic carbocycles. The first-order valence-electron chi connectivity index (χ1n) is 5.74. The minimum absolute atomic E-state index is 0.265. The molecule has 0 aromatic rings. The largest absolute Gasteiger partial charge is 0.353 e. The molecule has 5 heteroatoms. The third kappa shape index (κ3) is 7.19. The Morgan fingerprint density at radius 1 is 1.29 bits per heavy atom. The molecule has 0 spiro atoms. The van der Waals surface area contributed by atoms with Gasteiger partial charge in [-0.1, -0.05) is 21.5 Å². The Kier molecular flexibility index (Phi) is 10.1. The zero-order valence-corrected chi connectivity index (χ0v) is 12.9. The van der Waals surface area contributed by atoms with Crippen LogP contribution in [-0.2, 0) is 14.3 Å². The Hall–Kier alpha value is 0.1000. The lowest BCUT2D eigenvalue weighted by Crippen LogP contribution is -2.18. The molecule has 0 saturated heterocycles. The van der Waals surface area contributed by atoms with Crippen LogP contribution in [0.25, 0.3) is 0 Å². The van der Waals surface area contributed by atoms with Crippen molar-refractivity contribution in [2.45, 2.75) is 39.9 Å². The molecule has 0 unspecified atom stereocenters. The summed E-state index contributed by atoms with van der Waals surface area (Å²) in [6, 6.07) is 0. The van der Waals surface area contributed by atoms with Crippen LogP contribution < -0.4 is 0 Å². The summed E-state index contributed by atoms with van der Waals surface area (Å²) in [7, 11) is 0. The van der Waals surface area contributed by atoms with Gasteiger partial charge in [0.05, 0.1) is 0 Å². The topological polar surface area (TPSA) is 35.5 Å². The van der Waals surface area contributed by atoms with Gasteiger partial charge in [-0.05, 0) is 38.8 Å². The molecule has 0 atom stereocenters. The van der Waals surface area contributed by atoms with E-state index in [0.717, 1.165) is 5.57 Å². The van der Waals surface area contributed by atoms with Crippen molar-refractivity contribution in [3.8, 4) is 0 Å². The van der Waals surface area contributed by atoms with E-state index < -0.39 is 5.24 Å². The van der Waals surface area contributed by atoms with E-state index in [1.165, 1.54) is 0 Å². The molecule has 0 rings (SSSR count). The lowest BCUT2D eigenvalue weighted by molar-refractivity contribution is -0.139. The molecule has 0 saturated carbocycles. The van der Waals surface area contributed by atoms with Crippen LogP contribution in [0.5, 0.6) is 0 Å². The highest BCUT2D eigenvalue weighted by atomic mass is 79.9. The van der Waals surface area contributed by atoms with Crippen LogP contribution in [0.3, 0.4) is 0 Å². The molecule has 3 nitrogen and oxygen atoms in total. The molecule has 0 heterocycles. The Labute approximate surface area is 117 Å². The van der Waals surface area contributed by atoms with Gasteiger partial charge in [-0.25, -0.2) is 0 Å². The number of halogens is 2. The van der Waals surface area contributed by atoms with Crippen molar-refractivity contribution in [1.82, 2.24) is 0 Å². The second-order valence-corrected chi connectivity index (χ2v) is 4.45. The molecule has 0 aliphatic heterocycles. The Balaban J connectivity index is 4.42. The van der Waals surface area contributed by atoms with Gasteiger partial charge in [0.1, 0.15) is 0 Å². The molecular formula is C12H20BrClO3. The second-order valence-electron chi connectivity index (χ2n) is 3.55. The summed E-state index contributed by atoms with van der Waals surface area (Å²) in [5, 5.41) is 0.253. The highest BCUT2D eigenvalue weighted by Gasteiger charge is 2.14. The number of allylic oxidation sites excluding steroid dienone is 2. The normalized spacial score (nSPS) is 12.8. The number of hydrogen-bond acceptors (Lipinski definition) is 3. The van der Waals surface area contributed by atoms with E-state index in [4.69, 9.17) is 21.1 Å². The van der Waals surface area contributed by atoms with Crippen molar-refractivity contribution in [2.24, 2.45) is 0 Å². The fourth-order valence-electron chi connectivity index (χ4n) is 1.41. The van der Waals surface area contributed by atoms with Crippen LogP contribution in [-0.4, -0.2) is 30.1 Å². The number of hydrogen-bond donors (Lipinski definition) is 0. The standard InChI is InChI=1S/C12H20BrClO3/c1-4-16-11(17-5-2)7-6-10(12(14)15)9(3)8-13/h11H,4-8H2,1-3H3/b10-9-. The maximum absolute atomic E-state index is 11.3. The summed E-state index contributed by atoms with van der Waals surface area (Å²) in [4.78, 5) is 11.3. The van der Waals surface area contributed by atoms with Crippen LogP contribution in [0, 0.1) is 0 Å². The SMILES string of the molecule is CCOC(CC/C(C(=O)Cl)=C(\C)CBr)OCC. The summed E-state index contributed by atoms with van der Waals surface area (Å²) in [6.07, 6.45) is 0.948. The van der Waals surface area contributed by atoms with Crippen molar-refractivity contribution < 1.29 is 14.3 Å². The Morgan fingerprint density at radius 3 is 2.18 bits per heavy atom.